The maximum Gasteiger partial charge on any atom is 0.261 e. The van der Waals surface area contributed by atoms with Crippen LogP contribution >= 0.6 is 11.3 Å². The lowest BCUT2D eigenvalue weighted by Gasteiger charge is -2.22. The molecule has 1 N–H and O–H groups in total. The van der Waals surface area contributed by atoms with Crippen molar-refractivity contribution in [3.8, 4) is 0 Å². The van der Waals surface area contributed by atoms with Gasteiger partial charge in [-0.2, -0.15) is 0 Å². The molecule has 0 bridgehead atoms. The van der Waals surface area contributed by atoms with Crippen molar-refractivity contribution in [2.75, 3.05) is 18.0 Å². The summed E-state index contributed by atoms with van der Waals surface area (Å²) in [5.41, 5.74) is 1.18. The Hall–Kier alpha value is -1.03. The van der Waals surface area contributed by atoms with Crippen molar-refractivity contribution in [2.24, 2.45) is 0 Å². The van der Waals surface area contributed by atoms with E-state index in [0.29, 0.717) is 0 Å². The van der Waals surface area contributed by atoms with Gasteiger partial charge in [0.05, 0.1) is 9.88 Å². The number of rotatable bonds is 3. The highest BCUT2D eigenvalue weighted by Crippen LogP contribution is 2.35. The largest absolute Gasteiger partial charge is 0.363 e. The maximum absolute atomic E-state index is 12.3. The molecule has 1 aliphatic rings. The number of carbonyl (C=O) groups excluding carboxylic acids is 1. The van der Waals surface area contributed by atoms with Gasteiger partial charge < -0.3 is 10.2 Å². The van der Waals surface area contributed by atoms with Gasteiger partial charge >= 0.3 is 0 Å². The van der Waals surface area contributed by atoms with E-state index in [0.717, 1.165) is 30.8 Å². The molecule has 0 radical (unpaired) electrons. The summed E-state index contributed by atoms with van der Waals surface area (Å²) in [5, 5.41) is 4.38. The molecule has 2 rings (SSSR count). The van der Waals surface area contributed by atoms with Crippen molar-refractivity contribution in [3.63, 3.8) is 0 Å². The Morgan fingerprint density at radius 1 is 1.40 bits per heavy atom. The van der Waals surface area contributed by atoms with Gasteiger partial charge in [-0.05, 0) is 58.1 Å². The number of carbonyl (C=O) groups is 1. The lowest BCUT2D eigenvalue weighted by molar-refractivity contribution is 0.0923. The first-order valence-electron chi connectivity index (χ1n) is 7.61. The zero-order valence-corrected chi connectivity index (χ0v) is 13.9. The van der Waals surface area contributed by atoms with Crippen molar-refractivity contribution < 1.29 is 4.79 Å². The molecule has 0 fully saturated rings. The van der Waals surface area contributed by atoms with E-state index in [1.165, 1.54) is 23.4 Å². The van der Waals surface area contributed by atoms with Crippen molar-refractivity contribution in [1.29, 1.82) is 0 Å². The van der Waals surface area contributed by atoms with Crippen LogP contribution in [0, 0.1) is 0 Å². The predicted molar refractivity (Wildman–Crippen MR) is 87.0 cm³/mol. The van der Waals surface area contributed by atoms with Crippen LogP contribution in [-0.4, -0.2) is 24.5 Å². The van der Waals surface area contributed by atoms with E-state index in [1.807, 2.05) is 20.8 Å². The quantitative estimate of drug-likeness (QED) is 0.919. The summed E-state index contributed by atoms with van der Waals surface area (Å²) in [6.07, 6.45) is 4.74. The van der Waals surface area contributed by atoms with Crippen LogP contribution in [0.5, 0.6) is 0 Å². The molecular weight excluding hydrogens is 268 g/mol. The molecule has 2 heterocycles. The molecular formula is C16H26N2OS. The fraction of sp³-hybridized carbons (Fsp3) is 0.688. The van der Waals surface area contributed by atoms with Crippen LogP contribution in [0.3, 0.4) is 0 Å². The molecule has 1 amide bonds. The monoisotopic (exact) mass is 294 g/mol. The zero-order valence-electron chi connectivity index (χ0n) is 13.1. The third kappa shape index (κ3) is 3.75. The normalized spacial score (nSPS) is 15.7. The van der Waals surface area contributed by atoms with Crippen LogP contribution < -0.4 is 10.2 Å². The van der Waals surface area contributed by atoms with Gasteiger partial charge in [-0.25, -0.2) is 0 Å². The minimum Gasteiger partial charge on any atom is -0.363 e. The second kappa shape index (κ2) is 6.17. The Bertz CT molecular complexity index is 473. The summed E-state index contributed by atoms with van der Waals surface area (Å²) in [5.74, 6) is 0.0621. The average molecular weight is 294 g/mol. The van der Waals surface area contributed by atoms with Gasteiger partial charge in [0.2, 0.25) is 0 Å². The van der Waals surface area contributed by atoms with Gasteiger partial charge in [-0.3, -0.25) is 4.79 Å². The molecule has 0 atom stereocenters. The number of anilines is 1. The first-order chi connectivity index (χ1) is 9.40. The molecule has 1 aliphatic heterocycles. The number of amides is 1. The minimum absolute atomic E-state index is 0.0621. The minimum atomic E-state index is -0.179. The van der Waals surface area contributed by atoms with E-state index < -0.39 is 0 Å². The Labute approximate surface area is 126 Å². The van der Waals surface area contributed by atoms with Crippen molar-refractivity contribution in [2.45, 2.75) is 58.9 Å². The topological polar surface area (TPSA) is 32.3 Å². The fourth-order valence-corrected chi connectivity index (χ4v) is 3.74. The summed E-state index contributed by atoms with van der Waals surface area (Å²) in [7, 11) is 0. The molecule has 0 aromatic carbocycles. The van der Waals surface area contributed by atoms with Crippen LogP contribution in [0.15, 0.2) is 6.07 Å². The molecule has 112 valence electrons. The third-order valence-electron chi connectivity index (χ3n) is 3.40. The van der Waals surface area contributed by atoms with Crippen molar-refractivity contribution in [1.82, 2.24) is 5.32 Å². The molecule has 0 spiro atoms. The Balaban J connectivity index is 2.22. The van der Waals surface area contributed by atoms with Gasteiger partial charge in [0.25, 0.3) is 5.91 Å². The second-order valence-electron chi connectivity index (χ2n) is 6.59. The van der Waals surface area contributed by atoms with E-state index >= 15 is 0 Å². The van der Waals surface area contributed by atoms with Crippen LogP contribution in [-0.2, 0) is 6.42 Å². The Morgan fingerprint density at radius 2 is 2.15 bits per heavy atom. The first-order valence-corrected chi connectivity index (χ1v) is 8.42. The number of fused-ring (bicyclic) bond motifs is 1. The van der Waals surface area contributed by atoms with Gasteiger partial charge in [0.1, 0.15) is 0 Å². The van der Waals surface area contributed by atoms with E-state index in [-0.39, 0.29) is 11.4 Å². The van der Waals surface area contributed by atoms with Crippen molar-refractivity contribution in [3.05, 3.63) is 16.5 Å². The first kappa shape index (κ1) is 15.4. The van der Waals surface area contributed by atoms with Gasteiger partial charge in [-0.15, -0.1) is 11.3 Å². The number of hydrogen-bond donors (Lipinski definition) is 1. The van der Waals surface area contributed by atoms with E-state index in [9.17, 15) is 4.79 Å². The Morgan fingerprint density at radius 3 is 2.80 bits per heavy atom. The van der Waals surface area contributed by atoms with Crippen LogP contribution in [0.2, 0.25) is 0 Å². The van der Waals surface area contributed by atoms with Gasteiger partial charge in [0, 0.05) is 18.6 Å². The standard InChI is InChI=1S/C16H26N2OS/c1-5-9-18-10-7-6-8-12-11-13(20-15(12)18)14(19)17-16(2,3)4/h11H,5-10H2,1-4H3,(H,17,19). The molecule has 0 saturated heterocycles. The molecule has 1 aromatic heterocycles. The summed E-state index contributed by atoms with van der Waals surface area (Å²) in [4.78, 5) is 15.6. The smallest absolute Gasteiger partial charge is 0.261 e. The predicted octanol–water partition coefficient (Wildman–Crippen LogP) is 3.83. The fourth-order valence-electron chi connectivity index (χ4n) is 2.58. The molecule has 3 nitrogen and oxygen atoms in total. The molecule has 1 aromatic rings. The van der Waals surface area contributed by atoms with Crippen LogP contribution in [0.1, 0.15) is 62.2 Å². The number of nitrogens with one attached hydrogen (secondary N) is 1. The SMILES string of the molecule is CCCN1CCCCc2cc(C(=O)NC(C)(C)C)sc21. The van der Waals surface area contributed by atoms with E-state index in [2.05, 4.69) is 23.2 Å². The number of hydrogen-bond acceptors (Lipinski definition) is 3. The van der Waals surface area contributed by atoms with Crippen LogP contribution in [0.4, 0.5) is 5.00 Å². The summed E-state index contributed by atoms with van der Waals surface area (Å²) in [6, 6.07) is 2.11. The molecule has 20 heavy (non-hydrogen) atoms. The molecule has 0 aliphatic carbocycles. The number of thiophene rings is 1. The highest BCUT2D eigenvalue weighted by atomic mass is 32.1. The summed E-state index contributed by atoms with van der Waals surface area (Å²) < 4.78 is 0. The maximum atomic E-state index is 12.3. The Kier molecular flexibility index (Phi) is 4.74. The summed E-state index contributed by atoms with van der Waals surface area (Å²) in [6.45, 7) is 10.5. The number of aryl methyl sites for hydroxylation is 1. The van der Waals surface area contributed by atoms with Gasteiger partial charge in [-0.1, -0.05) is 6.92 Å². The molecule has 4 heteroatoms. The lowest BCUT2D eigenvalue weighted by atomic mass is 10.1. The number of nitrogens with zero attached hydrogens (tertiary/aromatic N) is 1. The molecule has 0 saturated carbocycles. The highest BCUT2D eigenvalue weighted by molar-refractivity contribution is 7.18. The van der Waals surface area contributed by atoms with Crippen molar-refractivity contribution >= 4 is 22.2 Å². The summed E-state index contributed by atoms with van der Waals surface area (Å²) >= 11 is 1.66. The van der Waals surface area contributed by atoms with Crippen LogP contribution in [0.25, 0.3) is 0 Å². The second-order valence-corrected chi connectivity index (χ2v) is 7.62. The highest BCUT2D eigenvalue weighted by Gasteiger charge is 2.22. The zero-order chi connectivity index (χ0) is 14.8. The molecule has 0 unspecified atom stereocenters. The third-order valence-corrected chi connectivity index (χ3v) is 4.64. The van der Waals surface area contributed by atoms with E-state index in [1.54, 1.807) is 11.3 Å². The average Bonchev–Trinajstić information content (AvgIpc) is 2.67. The van der Waals surface area contributed by atoms with E-state index in [4.69, 9.17) is 0 Å². The lowest BCUT2D eigenvalue weighted by Crippen LogP contribution is -2.40. The van der Waals surface area contributed by atoms with Gasteiger partial charge in [0.15, 0.2) is 0 Å².